The molecule has 0 aromatic heterocycles. The molecule has 0 fully saturated rings. The van der Waals surface area contributed by atoms with Gasteiger partial charge in [-0.15, -0.1) is 0 Å². The number of hydrogen-bond donors (Lipinski definition) is 2. The van der Waals surface area contributed by atoms with Crippen LogP contribution in [-0.2, 0) is 13.2 Å². The molecule has 2 aromatic carbocycles. The average Bonchev–Trinajstić information content (AvgIpc) is 2.63. The molecule has 0 amide bonds. The fraction of sp³-hybridized carbons (Fsp3) is 0.400. The molecule has 2 aromatic rings. The van der Waals surface area contributed by atoms with Gasteiger partial charge in [0.05, 0.1) is 18.2 Å². The van der Waals surface area contributed by atoms with Crippen LogP contribution < -0.4 is 14.8 Å². The molecule has 4 nitrogen and oxygen atoms in total. The molecule has 0 aliphatic rings. The minimum absolute atomic E-state index is 0.0714. The third-order valence-corrected chi connectivity index (χ3v) is 4.37. The van der Waals surface area contributed by atoms with Gasteiger partial charge in [0, 0.05) is 18.2 Å². The lowest BCUT2D eigenvalue weighted by atomic mass is 10.1. The number of ether oxygens (including phenoxy) is 2. The smallest absolute Gasteiger partial charge is 0.161 e. The molecule has 0 aliphatic carbocycles. The Hall–Kier alpha value is -1.82. The van der Waals surface area contributed by atoms with Crippen LogP contribution in [0.4, 0.5) is 4.39 Å². The fourth-order valence-electron chi connectivity index (χ4n) is 2.44. The van der Waals surface area contributed by atoms with Crippen molar-refractivity contribution < 1.29 is 19.0 Å². The van der Waals surface area contributed by atoms with Crippen molar-refractivity contribution in [1.82, 2.24) is 5.32 Å². The zero-order valence-corrected chi connectivity index (χ0v) is 15.9. The van der Waals surface area contributed by atoms with Gasteiger partial charge in [-0.05, 0) is 43.2 Å². The van der Waals surface area contributed by atoms with Gasteiger partial charge in [0.1, 0.15) is 12.4 Å². The Morgan fingerprint density at radius 2 is 1.92 bits per heavy atom. The lowest BCUT2D eigenvalue weighted by Gasteiger charge is -2.16. The quantitative estimate of drug-likeness (QED) is 0.643. The normalized spacial score (nSPS) is 12.0. The molecule has 0 unspecified atom stereocenters. The van der Waals surface area contributed by atoms with Crippen LogP contribution in [0.25, 0.3) is 0 Å². The first-order valence-electron chi connectivity index (χ1n) is 8.74. The standard InChI is InChI=1S/C20H25ClFNO3/c1-3-17(12-24)23-11-14-5-8-19(20(9-14)25-4-2)26-13-15-6-7-16(22)10-18(15)21/h5-10,17,23-24H,3-4,11-13H2,1-2H3/t17-/m1/s1. The first kappa shape index (κ1) is 20.5. The second-order valence-corrected chi connectivity index (χ2v) is 6.31. The van der Waals surface area contributed by atoms with Crippen molar-refractivity contribution in [3.8, 4) is 11.5 Å². The lowest BCUT2D eigenvalue weighted by Crippen LogP contribution is -2.31. The molecule has 0 spiro atoms. The topological polar surface area (TPSA) is 50.7 Å². The monoisotopic (exact) mass is 381 g/mol. The number of hydrogen-bond acceptors (Lipinski definition) is 4. The van der Waals surface area contributed by atoms with Crippen molar-refractivity contribution in [2.75, 3.05) is 13.2 Å². The Balaban J connectivity index is 2.07. The summed E-state index contributed by atoms with van der Waals surface area (Å²) < 4.78 is 24.6. The Morgan fingerprint density at radius 3 is 2.58 bits per heavy atom. The molecule has 1 atom stereocenters. The maximum absolute atomic E-state index is 13.1. The van der Waals surface area contributed by atoms with Crippen LogP contribution in [0.1, 0.15) is 31.4 Å². The van der Waals surface area contributed by atoms with E-state index in [9.17, 15) is 9.50 Å². The average molecular weight is 382 g/mol. The van der Waals surface area contributed by atoms with E-state index in [1.165, 1.54) is 12.1 Å². The van der Waals surface area contributed by atoms with Gasteiger partial charge in [-0.25, -0.2) is 4.39 Å². The summed E-state index contributed by atoms with van der Waals surface area (Å²) in [6.07, 6.45) is 0.856. The summed E-state index contributed by atoms with van der Waals surface area (Å²) in [6, 6.07) is 10.0. The highest BCUT2D eigenvalue weighted by molar-refractivity contribution is 6.31. The predicted octanol–water partition coefficient (Wildman–Crippen LogP) is 4.32. The molecule has 2 N–H and O–H groups in total. The van der Waals surface area contributed by atoms with Gasteiger partial charge in [0.15, 0.2) is 11.5 Å². The van der Waals surface area contributed by atoms with Gasteiger partial charge in [-0.3, -0.25) is 0 Å². The summed E-state index contributed by atoms with van der Waals surface area (Å²) in [7, 11) is 0. The van der Waals surface area contributed by atoms with Crippen LogP contribution in [0.5, 0.6) is 11.5 Å². The van der Waals surface area contributed by atoms with Crippen LogP contribution in [0.2, 0.25) is 5.02 Å². The number of rotatable bonds is 10. The van der Waals surface area contributed by atoms with Crippen molar-refractivity contribution in [3.63, 3.8) is 0 Å². The minimum atomic E-state index is -0.376. The molecule has 26 heavy (non-hydrogen) atoms. The van der Waals surface area contributed by atoms with E-state index in [2.05, 4.69) is 5.32 Å². The zero-order chi connectivity index (χ0) is 18.9. The number of benzene rings is 2. The van der Waals surface area contributed by atoms with Gasteiger partial charge in [0.2, 0.25) is 0 Å². The summed E-state index contributed by atoms with van der Waals surface area (Å²) >= 11 is 6.04. The molecule has 2 rings (SSSR count). The van der Waals surface area contributed by atoms with Gasteiger partial charge in [-0.1, -0.05) is 30.7 Å². The molecule has 0 saturated carbocycles. The van der Waals surface area contributed by atoms with Crippen molar-refractivity contribution >= 4 is 11.6 Å². The lowest BCUT2D eigenvalue weighted by molar-refractivity contribution is 0.238. The van der Waals surface area contributed by atoms with E-state index in [4.69, 9.17) is 21.1 Å². The third kappa shape index (κ3) is 5.87. The maximum Gasteiger partial charge on any atom is 0.161 e. The molecular weight excluding hydrogens is 357 g/mol. The summed E-state index contributed by atoms with van der Waals surface area (Å²) in [5.74, 6) is 0.867. The Bertz CT molecular complexity index is 707. The highest BCUT2D eigenvalue weighted by Crippen LogP contribution is 2.30. The van der Waals surface area contributed by atoms with E-state index in [0.29, 0.717) is 35.2 Å². The molecular formula is C20H25ClFNO3. The SMILES string of the molecule is CCOc1cc(CN[C@H](CC)CO)ccc1OCc1ccc(F)cc1Cl. The van der Waals surface area contributed by atoms with Crippen LogP contribution >= 0.6 is 11.6 Å². The largest absolute Gasteiger partial charge is 0.490 e. The van der Waals surface area contributed by atoms with Gasteiger partial charge >= 0.3 is 0 Å². The minimum Gasteiger partial charge on any atom is -0.490 e. The summed E-state index contributed by atoms with van der Waals surface area (Å²) in [5, 5.41) is 12.9. The van der Waals surface area contributed by atoms with E-state index in [0.717, 1.165) is 12.0 Å². The molecule has 142 valence electrons. The predicted molar refractivity (Wildman–Crippen MR) is 101 cm³/mol. The molecule has 0 heterocycles. The van der Waals surface area contributed by atoms with Crippen molar-refractivity contribution in [2.24, 2.45) is 0 Å². The van der Waals surface area contributed by atoms with Crippen molar-refractivity contribution in [1.29, 1.82) is 0 Å². The summed E-state index contributed by atoms with van der Waals surface area (Å²) in [5.41, 5.74) is 1.74. The third-order valence-electron chi connectivity index (χ3n) is 4.01. The summed E-state index contributed by atoms with van der Waals surface area (Å²) in [6.45, 7) is 5.40. The van der Waals surface area contributed by atoms with Crippen LogP contribution in [0.3, 0.4) is 0 Å². The van der Waals surface area contributed by atoms with Crippen LogP contribution in [0, 0.1) is 5.82 Å². The highest BCUT2D eigenvalue weighted by Gasteiger charge is 2.10. The fourth-order valence-corrected chi connectivity index (χ4v) is 2.67. The van der Waals surface area contributed by atoms with E-state index in [1.54, 1.807) is 6.07 Å². The van der Waals surface area contributed by atoms with Gasteiger partial charge in [0.25, 0.3) is 0 Å². The zero-order valence-electron chi connectivity index (χ0n) is 15.1. The molecule has 0 saturated heterocycles. The van der Waals surface area contributed by atoms with E-state index in [-0.39, 0.29) is 25.1 Å². The van der Waals surface area contributed by atoms with Crippen molar-refractivity contribution in [2.45, 2.75) is 39.5 Å². The second kappa shape index (κ2) is 10.4. The summed E-state index contributed by atoms with van der Waals surface area (Å²) in [4.78, 5) is 0. The number of aliphatic hydroxyl groups excluding tert-OH is 1. The highest BCUT2D eigenvalue weighted by atomic mass is 35.5. The molecule has 6 heteroatoms. The number of nitrogens with one attached hydrogen (secondary N) is 1. The Morgan fingerprint density at radius 1 is 1.12 bits per heavy atom. The first-order chi connectivity index (χ1) is 12.6. The van der Waals surface area contributed by atoms with E-state index in [1.807, 2.05) is 32.0 Å². The van der Waals surface area contributed by atoms with Crippen molar-refractivity contribution in [3.05, 3.63) is 58.4 Å². The van der Waals surface area contributed by atoms with E-state index >= 15 is 0 Å². The first-order valence-corrected chi connectivity index (χ1v) is 9.11. The number of halogens is 2. The maximum atomic E-state index is 13.1. The molecule has 0 bridgehead atoms. The number of aliphatic hydroxyl groups is 1. The second-order valence-electron chi connectivity index (χ2n) is 5.91. The van der Waals surface area contributed by atoms with Gasteiger partial charge < -0.3 is 19.9 Å². The Labute approximate surface area is 158 Å². The molecule has 0 radical (unpaired) electrons. The van der Waals surface area contributed by atoms with Gasteiger partial charge in [-0.2, -0.15) is 0 Å². The van der Waals surface area contributed by atoms with E-state index < -0.39 is 0 Å². The Kier molecular flexibility index (Phi) is 8.16. The van der Waals surface area contributed by atoms with Crippen LogP contribution in [-0.4, -0.2) is 24.4 Å². The van der Waals surface area contributed by atoms with Crippen LogP contribution in [0.15, 0.2) is 36.4 Å². The molecule has 0 aliphatic heterocycles.